The van der Waals surface area contributed by atoms with Gasteiger partial charge in [0.2, 0.25) is 0 Å². The molecule has 0 spiro atoms. The number of ether oxygens (including phenoxy) is 4. The molecule has 0 radical (unpaired) electrons. The summed E-state index contributed by atoms with van der Waals surface area (Å²) in [5.41, 5.74) is 3.12. The van der Waals surface area contributed by atoms with Crippen LogP contribution in [0.5, 0.6) is 0 Å². The van der Waals surface area contributed by atoms with Crippen LogP contribution in [-0.2, 0) is 38.8 Å². The fourth-order valence-electron chi connectivity index (χ4n) is 4.57. The normalized spacial score (nSPS) is 22.9. The van der Waals surface area contributed by atoms with Gasteiger partial charge in [-0.3, -0.25) is 0 Å². The Morgan fingerprint density at radius 3 is 1.59 bits per heavy atom. The van der Waals surface area contributed by atoms with Gasteiger partial charge >= 0.3 is 237 Å². The Balaban J connectivity index is 1.38. The monoisotopic (exact) mass is 592 g/mol. The Morgan fingerprint density at radius 2 is 1.05 bits per heavy atom. The number of hydrogen-bond donors (Lipinski definition) is 0. The number of rotatable bonds is 12. The van der Waals surface area contributed by atoms with Gasteiger partial charge in [-0.25, -0.2) is 0 Å². The van der Waals surface area contributed by atoms with Crippen molar-refractivity contribution in [3.05, 3.63) is 138 Å². The zero-order valence-electron chi connectivity index (χ0n) is 21.7. The summed E-state index contributed by atoms with van der Waals surface area (Å²) in [7, 11) is 0. The van der Waals surface area contributed by atoms with E-state index in [4.69, 9.17) is 18.9 Å². The van der Waals surface area contributed by atoms with Crippen LogP contribution in [0.3, 0.4) is 0 Å². The van der Waals surface area contributed by atoms with Gasteiger partial charge in [-0.15, -0.1) is 0 Å². The van der Waals surface area contributed by atoms with Gasteiger partial charge in [0.25, 0.3) is 0 Å². The molecule has 202 valence electrons. The predicted molar refractivity (Wildman–Crippen MR) is 151 cm³/mol. The van der Waals surface area contributed by atoms with Crippen LogP contribution < -0.4 is 4.46 Å². The molecule has 0 saturated carbocycles. The first-order valence-corrected chi connectivity index (χ1v) is 15.0. The average Bonchev–Trinajstić information content (AvgIpc) is 2.99. The van der Waals surface area contributed by atoms with Crippen molar-refractivity contribution in [1.82, 2.24) is 0 Å². The van der Waals surface area contributed by atoms with E-state index in [-0.39, 0.29) is 21.6 Å². The van der Waals surface area contributed by atoms with Crippen molar-refractivity contribution < 1.29 is 23.3 Å². The Bertz CT molecular complexity index is 1230. The van der Waals surface area contributed by atoms with Crippen molar-refractivity contribution in [2.75, 3.05) is 6.61 Å². The molecule has 1 heterocycles. The molecule has 5 atom stereocenters. The third kappa shape index (κ3) is 8.09. The van der Waals surface area contributed by atoms with Crippen LogP contribution in [0.1, 0.15) is 16.7 Å². The van der Waals surface area contributed by atoms with E-state index < -0.39 is 29.5 Å². The van der Waals surface area contributed by atoms with Crippen LogP contribution >= 0.6 is 0 Å². The Morgan fingerprint density at radius 1 is 0.590 bits per heavy atom. The van der Waals surface area contributed by atoms with Crippen LogP contribution in [-0.4, -0.2) is 46.2 Å². The molecule has 0 unspecified atom stereocenters. The van der Waals surface area contributed by atoms with Gasteiger partial charge < -0.3 is 0 Å². The van der Waals surface area contributed by atoms with E-state index in [0.29, 0.717) is 19.8 Å². The second-order valence-electron chi connectivity index (χ2n) is 9.44. The van der Waals surface area contributed by atoms with Crippen LogP contribution in [0, 0.1) is 0 Å². The van der Waals surface area contributed by atoms with Gasteiger partial charge in [-0.2, -0.15) is 0 Å². The van der Waals surface area contributed by atoms with Gasteiger partial charge in [0.05, 0.1) is 0 Å². The summed E-state index contributed by atoms with van der Waals surface area (Å²) in [5, 5.41) is 0. The number of hydrogen-bond acceptors (Lipinski definition) is 4. The van der Waals surface area contributed by atoms with Crippen molar-refractivity contribution in [1.29, 1.82) is 0 Å². The summed E-state index contributed by atoms with van der Waals surface area (Å²) in [6.45, 7) is 1.35. The van der Waals surface area contributed by atoms with Crippen LogP contribution in [0.15, 0.2) is 121 Å². The predicted octanol–water partition coefficient (Wildman–Crippen LogP) is 5.89. The maximum atomic E-state index is 15.8. The van der Waals surface area contributed by atoms with E-state index in [1.165, 1.54) is 0 Å². The van der Waals surface area contributed by atoms with Gasteiger partial charge in [0.15, 0.2) is 0 Å². The van der Waals surface area contributed by atoms with Gasteiger partial charge in [0, 0.05) is 0 Å². The van der Waals surface area contributed by atoms with Gasteiger partial charge in [-0.1, -0.05) is 0 Å². The Hall–Kier alpha value is -2.83. The van der Waals surface area contributed by atoms with Crippen molar-refractivity contribution in [2.45, 2.75) is 49.3 Å². The topological polar surface area (TPSA) is 36.9 Å². The summed E-state index contributed by atoms with van der Waals surface area (Å²) in [6, 6.07) is 39.9. The van der Waals surface area contributed by atoms with Crippen LogP contribution in [0.2, 0.25) is 4.82 Å². The molecule has 0 N–H and O–H groups in total. The second-order valence-corrected chi connectivity index (χ2v) is 12.1. The van der Waals surface area contributed by atoms with Gasteiger partial charge in [-0.05, 0) is 0 Å². The summed E-state index contributed by atoms with van der Waals surface area (Å²) in [6.07, 6.45) is -3.13. The van der Waals surface area contributed by atoms with E-state index >= 15 is 4.39 Å². The zero-order valence-corrected chi connectivity index (χ0v) is 23.4. The minimum atomic E-state index is -1.49. The molecule has 0 aromatic heterocycles. The molecule has 1 aliphatic rings. The van der Waals surface area contributed by atoms with E-state index in [1.807, 2.05) is 121 Å². The third-order valence-corrected chi connectivity index (χ3v) is 9.28. The zero-order chi connectivity index (χ0) is 26.7. The molecule has 0 bridgehead atoms. The second kappa shape index (κ2) is 14.5. The first-order valence-electron chi connectivity index (χ1n) is 13.2. The molecular weight excluding hydrogens is 558 g/mol. The van der Waals surface area contributed by atoms with E-state index in [0.717, 1.165) is 21.2 Å². The van der Waals surface area contributed by atoms with Crippen molar-refractivity contribution >= 4 is 19.4 Å². The van der Waals surface area contributed by atoms with Crippen molar-refractivity contribution in [3.8, 4) is 0 Å². The summed E-state index contributed by atoms with van der Waals surface area (Å²) >= 11 is -0.230. The first kappa shape index (κ1) is 27.7. The fraction of sp³-hybridized carbons (Fsp3) is 0.273. The molecule has 5 rings (SSSR count). The summed E-state index contributed by atoms with van der Waals surface area (Å²) < 4.78 is 42.0. The SMILES string of the molecule is F[C@H]1O[C@H](COCc2ccccc2)[C@@H](OCc2ccccc2)[C@H](OCc2ccccc2)[C@@H]1[Se]c1ccccc1. The standard InChI is InChI=1S/C33H33FO4Se/c34-33-32(39-28-19-11-4-12-20-28)31(37-23-27-17-9-3-10-18-27)30(36-22-26-15-7-2-8-16-26)29(38-33)24-35-21-25-13-5-1-6-14-25/h1-20,29-33H,21-24H2/t29-,30-,31+,32+,33+/m1/s1. The molecule has 4 aromatic carbocycles. The van der Waals surface area contributed by atoms with Crippen LogP contribution in [0.4, 0.5) is 4.39 Å². The average molecular weight is 592 g/mol. The quantitative estimate of drug-likeness (QED) is 0.193. The molecule has 1 fully saturated rings. The number of benzene rings is 4. The summed E-state index contributed by atoms with van der Waals surface area (Å²) in [5.74, 6) is 0. The molecule has 1 aliphatic heterocycles. The van der Waals surface area contributed by atoms with Crippen molar-refractivity contribution in [2.24, 2.45) is 0 Å². The third-order valence-electron chi connectivity index (χ3n) is 6.56. The number of halogens is 1. The van der Waals surface area contributed by atoms with E-state index in [2.05, 4.69) is 0 Å². The van der Waals surface area contributed by atoms with Gasteiger partial charge in [0.1, 0.15) is 0 Å². The molecule has 1 saturated heterocycles. The molecular formula is C33H33FO4Se. The van der Waals surface area contributed by atoms with Crippen molar-refractivity contribution in [3.63, 3.8) is 0 Å². The molecule has 0 amide bonds. The minimum absolute atomic E-state index is 0.199. The fourth-order valence-corrected chi connectivity index (χ4v) is 7.02. The Labute approximate surface area is 236 Å². The van der Waals surface area contributed by atoms with E-state index in [9.17, 15) is 0 Å². The molecule has 0 aliphatic carbocycles. The van der Waals surface area contributed by atoms with E-state index in [1.54, 1.807) is 0 Å². The summed E-state index contributed by atoms with van der Waals surface area (Å²) in [4.78, 5) is -0.477. The maximum absolute atomic E-state index is 15.8. The Kier molecular flexibility index (Phi) is 10.3. The number of alkyl halides is 1. The molecule has 6 heteroatoms. The molecule has 4 nitrogen and oxygen atoms in total. The molecule has 4 aromatic rings. The molecule has 39 heavy (non-hydrogen) atoms. The van der Waals surface area contributed by atoms with Crippen LogP contribution in [0.25, 0.3) is 0 Å². The first-order chi connectivity index (χ1) is 19.3.